The van der Waals surface area contributed by atoms with Gasteiger partial charge in [0, 0.05) is 18.3 Å². The van der Waals surface area contributed by atoms with Crippen molar-refractivity contribution < 1.29 is 0 Å². The van der Waals surface area contributed by atoms with Gasteiger partial charge in [-0.25, -0.2) is 0 Å². The minimum Gasteiger partial charge on any atom is -0.306 e. The number of nitrogens with one attached hydrogen (secondary N) is 1. The minimum absolute atomic E-state index is 0.333. The third-order valence-corrected chi connectivity index (χ3v) is 4.30. The van der Waals surface area contributed by atoms with Gasteiger partial charge in [-0.15, -0.1) is 0 Å². The summed E-state index contributed by atoms with van der Waals surface area (Å²) in [5, 5.41) is 3.68. The Bertz CT molecular complexity index is 541. The second-order valence-electron chi connectivity index (χ2n) is 5.92. The van der Waals surface area contributed by atoms with E-state index >= 15 is 0 Å². The third kappa shape index (κ3) is 2.91. The van der Waals surface area contributed by atoms with Gasteiger partial charge in [0.2, 0.25) is 0 Å². The SMILES string of the molecule is Cc1ccc(C2CC(NC(C)c3ccccn3)C2)cc1. The first-order valence-corrected chi connectivity index (χ1v) is 7.46. The first-order valence-electron chi connectivity index (χ1n) is 7.46. The minimum atomic E-state index is 0.333. The summed E-state index contributed by atoms with van der Waals surface area (Å²) in [6, 6.07) is 16.0. The lowest BCUT2D eigenvalue weighted by Crippen LogP contribution is -2.41. The maximum atomic E-state index is 4.41. The van der Waals surface area contributed by atoms with E-state index in [4.69, 9.17) is 0 Å². The number of rotatable bonds is 4. The van der Waals surface area contributed by atoms with Crippen LogP contribution in [0.2, 0.25) is 0 Å². The Kier molecular flexibility index (Phi) is 3.83. The van der Waals surface area contributed by atoms with Crippen molar-refractivity contribution >= 4 is 0 Å². The van der Waals surface area contributed by atoms with E-state index in [0.29, 0.717) is 12.1 Å². The Balaban J connectivity index is 1.52. The molecule has 1 aliphatic carbocycles. The molecule has 0 aliphatic heterocycles. The zero-order valence-electron chi connectivity index (χ0n) is 12.2. The maximum Gasteiger partial charge on any atom is 0.0570 e. The molecular weight excluding hydrogens is 244 g/mol. The lowest BCUT2D eigenvalue weighted by atomic mass is 9.75. The summed E-state index contributed by atoms with van der Waals surface area (Å²) in [5.74, 6) is 0.726. The fourth-order valence-electron chi connectivity index (χ4n) is 2.94. The van der Waals surface area contributed by atoms with Crippen molar-refractivity contribution in [2.45, 2.75) is 44.7 Å². The van der Waals surface area contributed by atoms with Gasteiger partial charge in [-0.2, -0.15) is 0 Å². The molecule has 0 spiro atoms. The van der Waals surface area contributed by atoms with Crippen molar-refractivity contribution in [1.29, 1.82) is 0 Å². The molecule has 3 rings (SSSR count). The summed E-state index contributed by atoms with van der Waals surface area (Å²) in [6.07, 6.45) is 4.34. The first-order chi connectivity index (χ1) is 9.72. The van der Waals surface area contributed by atoms with Gasteiger partial charge >= 0.3 is 0 Å². The average Bonchev–Trinajstić information content (AvgIpc) is 2.44. The van der Waals surface area contributed by atoms with Crippen LogP contribution in [0.3, 0.4) is 0 Å². The Hall–Kier alpha value is -1.67. The van der Waals surface area contributed by atoms with Crippen LogP contribution in [0.15, 0.2) is 48.7 Å². The summed E-state index contributed by atoms with van der Waals surface area (Å²) in [5.41, 5.74) is 3.96. The summed E-state index contributed by atoms with van der Waals surface area (Å²) in [4.78, 5) is 4.41. The summed E-state index contributed by atoms with van der Waals surface area (Å²) >= 11 is 0. The van der Waals surface area contributed by atoms with Crippen LogP contribution in [-0.4, -0.2) is 11.0 Å². The van der Waals surface area contributed by atoms with E-state index in [0.717, 1.165) is 11.6 Å². The van der Waals surface area contributed by atoms with E-state index in [1.54, 1.807) is 0 Å². The van der Waals surface area contributed by atoms with Crippen molar-refractivity contribution in [2.75, 3.05) is 0 Å². The monoisotopic (exact) mass is 266 g/mol. The molecule has 20 heavy (non-hydrogen) atoms. The molecule has 0 radical (unpaired) electrons. The van der Waals surface area contributed by atoms with Crippen LogP contribution in [0, 0.1) is 6.92 Å². The molecule has 0 amide bonds. The maximum absolute atomic E-state index is 4.41. The second-order valence-corrected chi connectivity index (χ2v) is 5.92. The van der Waals surface area contributed by atoms with Crippen molar-refractivity contribution in [3.8, 4) is 0 Å². The van der Waals surface area contributed by atoms with Crippen molar-refractivity contribution in [3.05, 3.63) is 65.5 Å². The fourth-order valence-corrected chi connectivity index (χ4v) is 2.94. The molecule has 0 saturated heterocycles. The average molecular weight is 266 g/mol. The molecule has 1 aromatic heterocycles. The van der Waals surface area contributed by atoms with Crippen LogP contribution in [-0.2, 0) is 0 Å². The summed E-state index contributed by atoms with van der Waals surface area (Å²) in [6.45, 7) is 4.34. The van der Waals surface area contributed by atoms with Gasteiger partial charge in [-0.3, -0.25) is 4.98 Å². The fraction of sp³-hybridized carbons (Fsp3) is 0.389. The number of nitrogens with zero attached hydrogens (tertiary/aromatic N) is 1. The van der Waals surface area contributed by atoms with Crippen LogP contribution < -0.4 is 5.32 Å². The molecule has 2 heteroatoms. The van der Waals surface area contributed by atoms with Gasteiger partial charge in [-0.05, 0) is 50.3 Å². The molecule has 1 fully saturated rings. The molecule has 1 unspecified atom stereocenters. The van der Waals surface area contributed by atoms with Crippen molar-refractivity contribution in [2.24, 2.45) is 0 Å². The first kappa shape index (κ1) is 13.3. The molecule has 1 aromatic carbocycles. The summed E-state index contributed by atoms with van der Waals surface area (Å²) in [7, 11) is 0. The van der Waals surface area contributed by atoms with Crippen LogP contribution in [0.5, 0.6) is 0 Å². The van der Waals surface area contributed by atoms with Gasteiger partial charge in [0.05, 0.1) is 5.69 Å². The Morgan fingerprint density at radius 1 is 1.10 bits per heavy atom. The number of benzene rings is 1. The normalized spacial score (nSPS) is 23.1. The van der Waals surface area contributed by atoms with E-state index in [9.17, 15) is 0 Å². The lowest BCUT2D eigenvalue weighted by molar-refractivity contribution is 0.269. The molecule has 2 nitrogen and oxygen atoms in total. The van der Waals surface area contributed by atoms with Gasteiger partial charge in [0.1, 0.15) is 0 Å². The zero-order valence-corrected chi connectivity index (χ0v) is 12.2. The quantitative estimate of drug-likeness (QED) is 0.905. The molecule has 1 aliphatic rings. The van der Waals surface area contributed by atoms with Gasteiger partial charge in [0.25, 0.3) is 0 Å². The molecule has 1 saturated carbocycles. The van der Waals surface area contributed by atoms with E-state index in [2.05, 4.69) is 60.5 Å². The van der Waals surface area contributed by atoms with E-state index < -0.39 is 0 Å². The Morgan fingerprint density at radius 3 is 2.50 bits per heavy atom. The van der Waals surface area contributed by atoms with Crippen LogP contribution in [0.25, 0.3) is 0 Å². The highest BCUT2D eigenvalue weighted by Crippen LogP contribution is 2.37. The van der Waals surface area contributed by atoms with Crippen molar-refractivity contribution in [3.63, 3.8) is 0 Å². The van der Waals surface area contributed by atoms with Crippen molar-refractivity contribution in [1.82, 2.24) is 10.3 Å². The van der Waals surface area contributed by atoms with Crippen LogP contribution >= 0.6 is 0 Å². The molecule has 2 aromatic rings. The molecule has 0 bridgehead atoms. The topological polar surface area (TPSA) is 24.9 Å². The highest BCUT2D eigenvalue weighted by atomic mass is 15.0. The molecule has 1 heterocycles. The van der Waals surface area contributed by atoms with Crippen LogP contribution in [0.4, 0.5) is 0 Å². The number of aryl methyl sites for hydroxylation is 1. The molecular formula is C18H22N2. The smallest absolute Gasteiger partial charge is 0.0570 e. The number of hydrogen-bond acceptors (Lipinski definition) is 2. The predicted molar refractivity (Wildman–Crippen MR) is 82.7 cm³/mol. The van der Waals surface area contributed by atoms with E-state index in [1.807, 2.05) is 12.3 Å². The number of hydrogen-bond donors (Lipinski definition) is 1. The Labute approximate surface area is 121 Å². The second kappa shape index (κ2) is 5.76. The highest BCUT2D eigenvalue weighted by Gasteiger charge is 2.31. The van der Waals surface area contributed by atoms with Gasteiger partial charge in [-0.1, -0.05) is 35.9 Å². The number of aromatic nitrogens is 1. The summed E-state index contributed by atoms with van der Waals surface area (Å²) < 4.78 is 0. The third-order valence-electron chi connectivity index (χ3n) is 4.30. The molecule has 1 atom stereocenters. The number of pyridine rings is 1. The van der Waals surface area contributed by atoms with E-state index in [1.165, 1.54) is 24.0 Å². The zero-order chi connectivity index (χ0) is 13.9. The predicted octanol–water partition coefficient (Wildman–Crippen LogP) is 3.99. The highest BCUT2D eigenvalue weighted by molar-refractivity contribution is 5.27. The standard InChI is InChI=1S/C18H22N2/c1-13-6-8-15(9-7-13)16-11-17(12-16)20-14(2)18-5-3-4-10-19-18/h3-10,14,16-17,20H,11-12H2,1-2H3. The van der Waals surface area contributed by atoms with E-state index in [-0.39, 0.29) is 0 Å². The van der Waals surface area contributed by atoms with Gasteiger partial charge < -0.3 is 5.32 Å². The Morgan fingerprint density at radius 2 is 1.85 bits per heavy atom. The molecule has 1 N–H and O–H groups in total. The molecule has 104 valence electrons. The van der Waals surface area contributed by atoms with Crippen LogP contribution in [0.1, 0.15) is 48.5 Å². The largest absolute Gasteiger partial charge is 0.306 e. The lowest BCUT2D eigenvalue weighted by Gasteiger charge is -2.38. The van der Waals surface area contributed by atoms with Gasteiger partial charge in [0.15, 0.2) is 0 Å².